The van der Waals surface area contributed by atoms with Crippen molar-refractivity contribution < 1.29 is 9.21 Å². The van der Waals surface area contributed by atoms with Crippen LogP contribution in [0.25, 0.3) is 11.0 Å². The van der Waals surface area contributed by atoms with Gasteiger partial charge in [-0.1, -0.05) is 12.1 Å². The fourth-order valence-electron chi connectivity index (χ4n) is 1.77. The second-order valence-electron chi connectivity index (χ2n) is 4.22. The summed E-state index contributed by atoms with van der Waals surface area (Å²) in [5, 5.41) is 4.01. The van der Waals surface area contributed by atoms with Crippen molar-refractivity contribution in [3.8, 4) is 0 Å². The Morgan fingerprint density at radius 2 is 2.15 bits per heavy atom. The number of fused-ring (bicyclic) bond motifs is 1. The van der Waals surface area contributed by atoms with Gasteiger partial charge in [-0.3, -0.25) is 4.79 Å². The Hall–Kier alpha value is -2.89. The first-order valence-corrected chi connectivity index (χ1v) is 6.07. The Kier molecular flexibility index (Phi) is 3.04. The second kappa shape index (κ2) is 5.00. The molecule has 0 spiro atoms. The van der Waals surface area contributed by atoms with Crippen molar-refractivity contribution >= 4 is 22.7 Å². The van der Waals surface area contributed by atoms with Crippen LogP contribution in [0.4, 0.5) is 0 Å². The molecule has 0 saturated carbocycles. The summed E-state index contributed by atoms with van der Waals surface area (Å²) in [5.41, 5.74) is 4.79. The first kappa shape index (κ1) is 12.2. The summed E-state index contributed by atoms with van der Waals surface area (Å²) in [6.07, 6.45) is 1.44. The number of furan rings is 1. The molecule has 6 nitrogen and oxygen atoms in total. The van der Waals surface area contributed by atoms with Gasteiger partial charge in [0.15, 0.2) is 11.6 Å². The van der Waals surface area contributed by atoms with Crippen LogP contribution in [0.5, 0.6) is 0 Å². The molecule has 100 valence electrons. The van der Waals surface area contributed by atoms with Crippen LogP contribution in [-0.4, -0.2) is 21.6 Å². The number of rotatable bonds is 3. The number of hydrogen-bond donors (Lipinski definition) is 2. The van der Waals surface area contributed by atoms with Gasteiger partial charge in [0, 0.05) is 0 Å². The van der Waals surface area contributed by atoms with E-state index in [1.807, 2.05) is 24.3 Å². The molecule has 0 unspecified atom stereocenters. The number of aromatic nitrogens is 2. The van der Waals surface area contributed by atoms with Crippen LogP contribution in [-0.2, 0) is 0 Å². The first-order chi connectivity index (χ1) is 9.74. The van der Waals surface area contributed by atoms with Crippen molar-refractivity contribution in [2.24, 2.45) is 5.10 Å². The third-order valence-electron chi connectivity index (χ3n) is 2.80. The standard InChI is InChI=1S/C14H12N4O2/c1-9(17-18-14(19)12-7-4-8-20-12)13-15-10-5-2-3-6-11(10)16-13/h2-8H,1H3,(H,15,16)(H,18,19)/b17-9+. The molecular weight excluding hydrogens is 256 g/mol. The van der Waals surface area contributed by atoms with Gasteiger partial charge in [0.05, 0.1) is 17.3 Å². The van der Waals surface area contributed by atoms with E-state index in [4.69, 9.17) is 4.42 Å². The second-order valence-corrected chi connectivity index (χ2v) is 4.22. The average molecular weight is 268 g/mol. The van der Waals surface area contributed by atoms with Gasteiger partial charge < -0.3 is 9.40 Å². The summed E-state index contributed by atoms with van der Waals surface area (Å²) in [4.78, 5) is 19.2. The number of hydrazone groups is 1. The Labute approximate surface area is 114 Å². The molecule has 2 heterocycles. The highest BCUT2D eigenvalue weighted by Gasteiger charge is 2.09. The number of aromatic amines is 1. The van der Waals surface area contributed by atoms with Gasteiger partial charge in [0.2, 0.25) is 0 Å². The lowest BCUT2D eigenvalue weighted by atomic mass is 10.3. The van der Waals surface area contributed by atoms with Gasteiger partial charge >= 0.3 is 5.91 Å². The largest absolute Gasteiger partial charge is 0.459 e. The third-order valence-corrected chi connectivity index (χ3v) is 2.80. The van der Waals surface area contributed by atoms with Crippen molar-refractivity contribution in [1.82, 2.24) is 15.4 Å². The van der Waals surface area contributed by atoms with E-state index in [0.29, 0.717) is 11.5 Å². The summed E-state index contributed by atoms with van der Waals surface area (Å²) >= 11 is 0. The summed E-state index contributed by atoms with van der Waals surface area (Å²) in [7, 11) is 0. The number of nitrogens with one attached hydrogen (secondary N) is 2. The zero-order chi connectivity index (χ0) is 13.9. The maximum absolute atomic E-state index is 11.7. The lowest BCUT2D eigenvalue weighted by Gasteiger charge is -1.97. The van der Waals surface area contributed by atoms with Crippen LogP contribution in [0, 0.1) is 0 Å². The molecule has 20 heavy (non-hydrogen) atoms. The van der Waals surface area contributed by atoms with Crippen molar-refractivity contribution in [3.63, 3.8) is 0 Å². The fraction of sp³-hybridized carbons (Fsp3) is 0.0714. The van der Waals surface area contributed by atoms with Gasteiger partial charge in [-0.25, -0.2) is 10.4 Å². The molecule has 0 bridgehead atoms. The summed E-state index contributed by atoms with van der Waals surface area (Å²) in [6.45, 7) is 1.76. The van der Waals surface area contributed by atoms with Gasteiger partial charge in [-0.2, -0.15) is 5.10 Å². The van der Waals surface area contributed by atoms with Gasteiger partial charge in [0.1, 0.15) is 5.71 Å². The SMILES string of the molecule is C/C(=N\NC(=O)c1ccco1)c1nc2ccccc2[nH]1. The van der Waals surface area contributed by atoms with E-state index >= 15 is 0 Å². The summed E-state index contributed by atoms with van der Waals surface area (Å²) < 4.78 is 4.98. The maximum atomic E-state index is 11.7. The molecule has 0 fully saturated rings. The lowest BCUT2D eigenvalue weighted by molar-refractivity contribution is 0.0927. The Balaban J connectivity index is 1.79. The lowest BCUT2D eigenvalue weighted by Crippen LogP contribution is -2.19. The molecule has 0 saturated heterocycles. The number of imidazole rings is 1. The minimum Gasteiger partial charge on any atom is -0.459 e. The van der Waals surface area contributed by atoms with Gasteiger partial charge in [-0.05, 0) is 31.2 Å². The van der Waals surface area contributed by atoms with Crippen molar-refractivity contribution in [3.05, 3.63) is 54.2 Å². The van der Waals surface area contributed by atoms with Crippen molar-refractivity contribution in [1.29, 1.82) is 0 Å². The van der Waals surface area contributed by atoms with Crippen LogP contribution < -0.4 is 5.43 Å². The molecular formula is C14H12N4O2. The Morgan fingerprint density at radius 3 is 2.90 bits per heavy atom. The highest BCUT2D eigenvalue weighted by Crippen LogP contribution is 2.10. The van der Waals surface area contributed by atoms with Gasteiger partial charge in [-0.15, -0.1) is 0 Å². The monoisotopic (exact) mass is 268 g/mol. The van der Waals surface area contributed by atoms with Crippen LogP contribution in [0.1, 0.15) is 23.3 Å². The molecule has 3 rings (SSSR count). The third kappa shape index (κ3) is 2.31. The topological polar surface area (TPSA) is 83.3 Å². The number of benzene rings is 1. The quantitative estimate of drug-likeness (QED) is 0.564. The summed E-state index contributed by atoms with van der Waals surface area (Å²) in [5.74, 6) is 0.433. The molecule has 6 heteroatoms. The van der Waals surface area contributed by atoms with E-state index in [9.17, 15) is 4.79 Å². The molecule has 1 amide bonds. The van der Waals surface area contributed by atoms with E-state index in [1.54, 1.807) is 19.1 Å². The molecule has 0 aliphatic rings. The molecule has 0 aliphatic heterocycles. The number of H-pyrrole nitrogens is 1. The van der Waals surface area contributed by atoms with Crippen LogP contribution in [0.3, 0.4) is 0 Å². The molecule has 0 aliphatic carbocycles. The van der Waals surface area contributed by atoms with Gasteiger partial charge in [0.25, 0.3) is 0 Å². The first-order valence-electron chi connectivity index (χ1n) is 6.07. The highest BCUT2D eigenvalue weighted by atomic mass is 16.3. The minimum absolute atomic E-state index is 0.214. The zero-order valence-electron chi connectivity index (χ0n) is 10.8. The number of nitrogens with zero attached hydrogens (tertiary/aromatic N) is 2. The molecule has 2 N–H and O–H groups in total. The number of amides is 1. The van der Waals surface area contributed by atoms with E-state index in [1.165, 1.54) is 6.26 Å². The normalized spacial score (nSPS) is 11.8. The van der Waals surface area contributed by atoms with Crippen LogP contribution in [0.2, 0.25) is 0 Å². The smallest absolute Gasteiger partial charge is 0.307 e. The van der Waals surface area contributed by atoms with Crippen molar-refractivity contribution in [2.75, 3.05) is 0 Å². The molecule has 3 aromatic rings. The predicted octanol–water partition coefficient (Wildman–Crippen LogP) is 2.31. The Morgan fingerprint density at radius 1 is 1.30 bits per heavy atom. The highest BCUT2D eigenvalue weighted by molar-refractivity contribution is 5.99. The fourth-order valence-corrected chi connectivity index (χ4v) is 1.77. The number of carbonyl (C=O) groups excluding carboxylic acids is 1. The molecule has 1 aromatic carbocycles. The van der Waals surface area contributed by atoms with E-state index < -0.39 is 5.91 Å². The molecule has 0 radical (unpaired) electrons. The zero-order valence-corrected chi connectivity index (χ0v) is 10.8. The molecule has 0 atom stereocenters. The Bertz CT molecular complexity index is 738. The summed E-state index contributed by atoms with van der Waals surface area (Å²) in [6, 6.07) is 10.9. The molecule has 2 aromatic heterocycles. The predicted molar refractivity (Wildman–Crippen MR) is 74.5 cm³/mol. The van der Waals surface area contributed by atoms with E-state index in [2.05, 4.69) is 20.5 Å². The number of para-hydroxylation sites is 2. The van der Waals surface area contributed by atoms with Crippen molar-refractivity contribution in [2.45, 2.75) is 6.92 Å². The number of hydrogen-bond acceptors (Lipinski definition) is 4. The minimum atomic E-state index is -0.398. The average Bonchev–Trinajstić information content (AvgIpc) is 3.12. The number of carbonyl (C=O) groups is 1. The van der Waals surface area contributed by atoms with E-state index in [-0.39, 0.29) is 5.76 Å². The van der Waals surface area contributed by atoms with E-state index in [0.717, 1.165) is 11.0 Å². The van der Waals surface area contributed by atoms with Crippen LogP contribution in [0.15, 0.2) is 52.2 Å². The van der Waals surface area contributed by atoms with Crippen LogP contribution >= 0.6 is 0 Å². The maximum Gasteiger partial charge on any atom is 0.307 e.